The summed E-state index contributed by atoms with van der Waals surface area (Å²) >= 11 is 0. The number of rotatable bonds is 1. The molecule has 0 atom stereocenters. The Morgan fingerprint density at radius 3 is 2.82 bits per heavy atom. The van der Waals surface area contributed by atoms with Crippen LogP contribution in [0.1, 0.15) is 6.92 Å². The van der Waals surface area contributed by atoms with Gasteiger partial charge in [-0.05, 0) is 24.6 Å². The van der Waals surface area contributed by atoms with Gasteiger partial charge in [0.2, 0.25) is 0 Å². The van der Waals surface area contributed by atoms with Gasteiger partial charge in [-0.25, -0.2) is 5.84 Å². The van der Waals surface area contributed by atoms with Gasteiger partial charge in [0, 0.05) is 6.20 Å². The predicted octanol–water partition coefficient (Wildman–Crippen LogP) is 1.71. The first-order valence-electron chi connectivity index (χ1n) is 3.47. The van der Waals surface area contributed by atoms with Gasteiger partial charge in [-0.3, -0.25) is 5.01 Å². The minimum absolute atomic E-state index is 0.950. The zero-order valence-corrected chi connectivity index (χ0v) is 6.62. The average molecular weight is 148 g/mol. The van der Waals surface area contributed by atoms with Gasteiger partial charge in [0.1, 0.15) is 0 Å². The number of allylic oxidation sites excluding steroid dienone is 5. The van der Waals surface area contributed by atoms with Gasteiger partial charge in [0.25, 0.3) is 0 Å². The fraction of sp³-hybridized carbons (Fsp3) is 0.111. The minimum atomic E-state index is 0.950. The molecule has 58 valence electrons. The molecule has 1 rings (SSSR count). The Labute approximate surface area is 67.0 Å². The molecule has 0 spiro atoms. The second-order valence-electron chi connectivity index (χ2n) is 2.44. The highest BCUT2D eigenvalue weighted by Crippen LogP contribution is 2.12. The fourth-order valence-corrected chi connectivity index (χ4v) is 0.902. The largest absolute Gasteiger partial charge is 0.287 e. The fourth-order valence-electron chi connectivity index (χ4n) is 0.902. The molecule has 2 heteroatoms. The summed E-state index contributed by atoms with van der Waals surface area (Å²) in [5.41, 5.74) is 2.10. The maximum absolute atomic E-state index is 5.65. The highest BCUT2D eigenvalue weighted by molar-refractivity contribution is 5.33. The van der Waals surface area contributed by atoms with Gasteiger partial charge in [-0.2, -0.15) is 0 Å². The third kappa shape index (κ3) is 1.82. The topological polar surface area (TPSA) is 29.3 Å². The molecular weight excluding hydrogens is 136 g/mol. The molecule has 11 heavy (non-hydrogen) atoms. The summed E-state index contributed by atoms with van der Waals surface area (Å²) in [5, 5.41) is 1.58. The van der Waals surface area contributed by atoms with Crippen LogP contribution in [0.5, 0.6) is 0 Å². The van der Waals surface area contributed by atoms with Gasteiger partial charge >= 0.3 is 0 Å². The lowest BCUT2D eigenvalue weighted by Crippen LogP contribution is -2.25. The maximum Gasteiger partial charge on any atom is 0.0568 e. The zero-order valence-electron chi connectivity index (χ0n) is 6.62. The summed E-state index contributed by atoms with van der Waals surface area (Å²) < 4.78 is 0. The standard InChI is InChI=1S/C9H12N2/c1-3-4-9-6-5-8(2)7-11(9)10/h3-7H,1,10H2,2H3/b9-4-. The van der Waals surface area contributed by atoms with E-state index in [4.69, 9.17) is 5.84 Å². The Morgan fingerprint density at radius 2 is 2.27 bits per heavy atom. The Balaban J connectivity index is 2.85. The molecule has 0 aromatic rings. The van der Waals surface area contributed by atoms with Crippen molar-refractivity contribution in [3.05, 3.63) is 48.4 Å². The molecular formula is C9H12N2. The Kier molecular flexibility index (Phi) is 2.28. The summed E-state index contributed by atoms with van der Waals surface area (Å²) in [7, 11) is 0. The van der Waals surface area contributed by atoms with Crippen molar-refractivity contribution in [3.8, 4) is 0 Å². The molecule has 1 aliphatic rings. The van der Waals surface area contributed by atoms with Crippen LogP contribution in [0, 0.1) is 0 Å². The first-order valence-corrected chi connectivity index (χ1v) is 3.47. The quantitative estimate of drug-likeness (QED) is 0.573. The molecule has 0 radical (unpaired) electrons. The van der Waals surface area contributed by atoms with Crippen molar-refractivity contribution >= 4 is 0 Å². The van der Waals surface area contributed by atoms with Crippen molar-refractivity contribution in [3.63, 3.8) is 0 Å². The lowest BCUT2D eigenvalue weighted by atomic mass is 10.2. The lowest BCUT2D eigenvalue weighted by Gasteiger charge is -2.18. The Hall–Kier alpha value is -1.28. The number of nitrogens with zero attached hydrogens (tertiary/aromatic N) is 1. The summed E-state index contributed by atoms with van der Waals surface area (Å²) in [5.74, 6) is 5.65. The molecule has 0 bridgehead atoms. The second-order valence-corrected chi connectivity index (χ2v) is 2.44. The van der Waals surface area contributed by atoms with Crippen LogP contribution in [0.25, 0.3) is 0 Å². The van der Waals surface area contributed by atoms with Crippen molar-refractivity contribution in [2.45, 2.75) is 6.92 Å². The van der Waals surface area contributed by atoms with E-state index in [2.05, 4.69) is 6.58 Å². The van der Waals surface area contributed by atoms with E-state index in [-0.39, 0.29) is 0 Å². The first kappa shape index (κ1) is 7.82. The van der Waals surface area contributed by atoms with E-state index in [1.54, 1.807) is 11.1 Å². The first-order chi connectivity index (χ1) is 5.24. The minimum Gasteiger partial charge on any atom is -0.287 e. The number of hydrazine groups is 1. The maximum atomic E-state index is 5.65. The van der Waals surface area contributed by atoms with Crippen LogP contribution < -0.4 is 5.84 Å². The molecule has 1 heterocycles. The van der Waals surface area contributed by atoms with Crippen molar-refractivity contribution in [1.29, 1.82) is 0 Å². The van der Waals surface area contributed by atoms with Gasteiger partial charge < -0.3 is 0 Å². The zero-order chi connectivity index (χ0) is 8.27. The molecule has 0 amide bonds. The Bertz CT molecular complexity index is 246. The van der Waals surface area contributed by atoms with Gasteiger partial charge in [-0.1, -0.05) is 18.7 Å². The molecule has 2 N–H and O–H groups in total. The van der Waals surface area contributed by atoms with Crippen LogP contribution in [0.15, 0.2) is 48.4 Å². The van der Waals surface area contributed by atoms with E-state index in [1.165, 1.54) is 0 Å². The van der Waals surface area contributed by atoms with Crippen LogP contribution >= 0.6 is 0 Å². The van der Waals surface area contributed by atoms with Crippen molar-refractivity contribution in [2.24, 2.45) is 5.84 Å². The van der Waals surface area contributed by atoms with Crippen molar-refractivity contribution in [2.75, 3.05) is 0 Å². The number of hydrogen-bond acceptors (Lipinski definition) is 2. The van der Waals surface area contributed by atoms with Gasteiger partial charge in [0.05, 0.1) is 5.70 Å². The number of hydrogen-bond donors (Lipinski definition) is 1. The normalized spacial score (nSPS) is 20.4. The van der Waals surface area contributed by atoms with Crippen LogP contribution in [-0.2, 0) is 0 Å². The van der Waals surface area contributed by atoms with Crippen molar-refractivity contribution in [1.82, 2.24) is 5.01 Å². The molecule has 0 saturated carbocycles. The van der Waals surface area contributed by atoms with Crippen LogP contribution in [-0.4, -0.2) is 5.01 Å². The SMILES string of the molecule is C=C/C=C1/C=CC(C)=CN1N. The molecule has 0 aliphatic carbocycles. The molecule has 0 aromatic carbocycles. The molecule has 2 nitrogen and oxygen atoms in total. The lowest BCUT2D eigenvalue weighted by molar-refractivity contribution is 0.500. The highest BCUT2D eigenvalue weighted by atomic mass is 15.4. The number of nitrogens with two attached hydrogens (primary N) is 1. The summed E-state index contributed by atoms with van der Waals surface area (Å²) in [6, 6.07) is 0. The second kappa shape index (κ2) is 3.21. The van der Waals surface area contributed by atoms with Crippen LogP contribution in [0.3, 0.4) is 0 Å². The van der Waals surface area contributed by atoms with E-state index in [0.717, 1.165) is 11.3 Å². The molecule has 0 aromatic heterocycles. The smallest absolute Gasteiger partial charge is 0.0568 e. The van der Waals surface area contributed by atoms with Gasteiger partial charge in [-0.15, -0.1) is 0 Å². The Morgan fingerprint density at radius 1 is 1.55 bits per heavy atom. The third-order valence-electron chi connectivity index (χ3n) is 1.45. The molecule has 0 fully saturated rings. The molecule has 0 saturated heterocycles. The van der Waals surface area contributed by atoms with E-state index >= 15 is 0 Å². The van der Waals surface area contributed by atoms with Crippen molar-refractivity contribution < 1.29 is 0 Å². The summed E-state index contributed by atoms with van der Waals surface area (Å²) in [4.78, 5) is 0. The molecule has 0 unspecified atom stereocenters. The monoisotopic (exact) mass is 148 g/mol. The van der Waals surface area contributed by atoms with Gasteiger partial charge in [0.15, 0.2) is 0 Å². The average Bonchev–Trinajstić information content (AvgIpc) is 1.95. The highest BCUT2D eigenvalue weighted by Gasteiger charge is 2.01. The third-order valence-corrected chi connectivity index (χ3v) is 1.45. The van der Waals surface area contributed by atoms with Crippen LogP contribution in [0.2, 0.25) is 0 Å². The van der Waals surface area contributed by atoms with Crippen LogP contribution in [0.4, 0.5) is 0 Å². The summed E-state index contributed by atoms with van der Waals surface area (Å²) in [6.45, 7) is 5.60. The van der Waals surface area contributed by atoms with E-state index < -0.39 is 0 Å². The molecule has 1 aliphatic heterocycles. The van der Waals surface area contributed by atoms with E-state index in [1.807, 2.05) is 31.4 Å². The van der Waals surface area contributed by atoms with E-state index in [0.29, 0.717) is 0 Å². The predicted molar refractivity (Wildman–Crippen MR) is 47.2 cm³/mol. The summed E-state index contributed by atoms with van der Waals surface area (Å²) in [6.07, 6.45) is 9.42. The van der Waals surface area contributed by atoms with E-state index in [9.17, 15) is 0 Å².